The monoisotopic (exact) mass is 268 g/mol. The number of hydrogen-bond acceptors (Lipinski definition) is 4. The lowest BCUT2D eigenvalue weighted by Gasteiger charge is -2.23. The predicted octanol–water partition coefficient (Wildman–Crippen LogP) is 0.934. The molecule has 5 nitrogen and oxygen atoms in total. The maximum absolute atomic E-state index is 11.4. The standard InChI is InChI=1S/C12H16N2O3S/c15-8-11-10-2-1-3-12(10)14(13-11)9-4-6-18(16,17)7-5-9/h8-9H,1-7H2. The summed E-state index contributed by atoms with van der Waals surface area (Å²) < 4.78 is 24.8. The second-order valence-electron chi connectivity index (χ2n) is 5.11. The number of aromatic nitrogens is 2. The first-order valence-electron chi connectivity index (χ1n) is 6.36. The maximum Gasteiger partial charge on any atom is 0.170 e. The zero-order valence-corrected chi connectivity index (χ0v) is 10.9. The Balaban J connectivity index is 1.92. The van der Waals surface area contributed by atoms with Crippen molar-refractivity contribution in [1.29, 1.82) is 0 Å². The zero-order chi connectivity index (χ0) is 12.8. The van der Waals surface area contributed by atoms with Crippen LogP contribution < -0.4 is 0 Å². The normalized spacial score (nSPS) is 22.9. The van der Waals surface area contributed by atoms with E-state index in [0.717, 1.165) is 36.8 Å². The van der Waals surface area contributed by atoms with Gasteiger partial charge in [-0.1, -0.05) is 0 Å². The molecule has 18 heavy (non-hydrogen) atoms. The average Bonchev–Trinajstić information content (AvgIpc) is 2.90. The number of fused-ring (bicyclic) bond motifs is 1. The fraction of sp³-hybridized carbons (Fsp3) is 0.667. The van der Waals surface area contributed by atoms with E-state index in [1.165, 1.54) is 0 Å². The summed E-state index contributed by atoms with van der Waals surface area (Å²) in [5.74, 6) is 0.478. The molecule has 1 aromatic heterocycles. The highest BCUT2D eigenvalue weighted by atomic mass is 32.2. The number of carbonyl (C=O) groups excluding carboxylic acids is 1. The molecule has 1 saturated heterocycles. The minimum absolute atomic E-state index is 0.147. The average molecular weight is 268 g/mol. The van der Waals surface area contributed by atoms with Crippen LogP contribution in [0.2, 0.25) is 0 Å². The van der Waals surface area contributed by atoms with Crippen molar-refractivity contribution in [1.82, 2.24) is 9.78 Å². The van der Waals surface area contributed by atoms with E-state index in [0.29, 0.717) is 18.5 Å². The summed E-state index contributed by atoms with van der Waals surface area (Å²) >= 11 is 0. The topological polar surface area (TPSA) is 69.0 Å². The summed E-state index contributed by atoms with van der Waals surface area (Å²) in [5.41, 5.74) is 2.79. The van der Waals surface area contributed by atoms with Gasteiger partial charge in [-0.05, 0) is 32.1 Å². The van der Waals surface area contributed by atoms with Gasteiger partial charge in [-0.3, -0.25) is 9.48 Å². The third kappa shape index (κ3) is 1.88. The van der Waals surface area contributed by atoms with Crippen LogP contribution in [0.3, 0.4) is 0 Å². The van der Waals surface area contributed by atoms with Gasteiger partial charge in [-0.2, -0.15) is 5.10 Å². The molecule has 2 heterocycles. The molecule has 2 aliphatic rings. The Morgan fingerprint density at radius 2 is 1.94 bits per heavy atom. The van der Waals surface area contributed by atoms with Crippen molar-refractivity contribution in [2.24, 2.45) is 0 Å². The molecule has 0 atom stereocenters. The van der Waals surface area contributed by atoms with Gasteiger partial charge in [-0.15, -0.1) is 0 Å². The molecule has 1 aromatic rings. The van der Waals surface area contributed by atoms with E-state index >= 15 is 0 Å². The van der Waals surface area contributed by atoms with E-state index in [2.05, 4.69) is 5.10 Å². The van der Waals surface area contributed by atoms with Gasteiger partial charge in [0.2, 0.25) is 0 Å². The zero-order valence-electron chi connectivity index (χ0n) is 10.1. The summed E-state index contributed by atoms with van der Waals surface area (Å²) in [4.78, 5) is 11.0. The summed E-state index contributed by atoms with van der Waals surface area (Å²) in [6, 6.07) is 0.147. The molecule has 0 unspecified atom stereocenters. The number of carbonyl (C=O) groups is 1. The smallest absolute Gasteiger partial charge is 0.170 e. The van der Waals surface area contributed by atoms with Crippen molar-refractivity contribution in [3.8, 4) is 0 Å². The number of aldehydes is 1. The Labute approximate surface area is 106 Å². The van der Waals surface area contributed by atoms with E-state index in [-0.39, 0.29) is 17.5 Å². The lowest BCUT2D eigenvalue weighted by atomic mass is 10.1. The highest BCUT2D eigenvalue weighted by Gasteiger charge is 2.30. The van der Waals surface area contributed by atoms with Crippen LogP contribution in [0.1, 0.15) is 47.1 Å². The summed E-state index contributed by atoms with van der Waals surface area (Å²) in [6.07, 6.45) is 5.01. The van der Waals surface area contributed by atoms with Crippen LogP contribution in [0.5, 0.6) is 0 Å². The van der Waals surface area contributed by atoms with Crippen molar-refractivity contribution in [3.05, 3.63) is 17.0 Å². The highest BCUT2D eigenvalue weighted by Crippen LogP contribution is 2.31. The second-order valence-corrected chi connectivity index (χ2v) is 7.41. The van der Waals surface area contributed by atoms with Crippen LogP contribution in [0.15, 0.2) is 0 Å². The van der Waals surface area contributed by atoms with Gasteiger partial charge in [0, 0.05) is 11.3 Å². The molecule has 0 bridgehead atoms. The van der Waals surface area contributed by atoms with Gasteiger partial charge >= 0.3 is 0 Å². The van der Waals surface area contributed by atoms with Crippen LogP contribution in [-0.4, -0.2) is 36.0 Å². The van der Waals surface area contributed by atoms with Crippen LogP contribution in [-0.2, 0) is 22.7 Å². The molecule has 1 fully saturated rings. The maximum atomic E-state index is 11.4. The molecule has 6 heteroatoms. The van der Waals surface area contributed by atoms with E-state index in [9.17, 15) is 13.2 Å². The van der Waals surface area contributed by atoms with Crippen LogP contribution >= 0.6 is 0 Å². The van der Waals surface area contributed by atoms with Crippen molar-refractivity contribution >= 4 is 16.1 Å². The molecule has 0 N–H and O–H groups in total. The number of rotatable bonds is 2. The molecular formula is C12H16N2O3S. The van der Waals surface area contributed by atoms with Gasteiger partial charge in [-0.25, -0.2) is 8.42 Å². The van der Waals surface area contributed by atoms with Crippen LogP contribution in [0.25, 0.3) is 0 Å². The Morgan fingerprint density at radius 3 is 2.61 bits per heavy atom. The molecule has 0 amide bonds. The summed E-state index contributed by atoms with van der Waals surface area (Å²) in [5, 5.41) is 4.38. The van der Waals surface area contributed by atoms with Crippen molar-refractivity contribution in [2.75, 3.05) is 11.5 Å². The number of hydrogen-bond donors (Lipinski definition) is 0. The van der Waals surface area contributed by atoms with Gasteiger partial charge in [0.25, 0.3) is 0 Å². The van der Waals surface area contributed by atoms with Crippen LogP contribution in [0.4, 0.5) is 0 Å². The number of sulfone groups is 1. The first-order chi connectivity index (χ1) is 8.61. The lowest BCUT2D eigenvalue weighted by molar-refractivity contribution is 0.111. The molecule has 1 aliphatic heterocycles. The van der Waals surface area contributed by atoms with Crippen LogP contribution in [0, 0.1) is 0 Å². The molecule has 0 spiro atoms. The molecule has 0 saturated carbocycles. The van der Waals surface area contributed by atoms with Gasteiger partial charge in [0.15, 0.2) is 6.29 Å². The first-order valence-corrected chi connectivity index (χ1v) is 8.19. The van der Waals surface area contributed by atoms with Gasteiger partial charge in [0.05, 0.1) is 17.5 Å². The fourth-order valence-corrected chi connectivity index (χ4v) is 4.48. The second kappa shape index (κ2) is 4.19. The minimum Gasteiger partial charge on any atom is -0.296 e. The third-order valence-corrected chi connectivity index (χ3v) is 5.69. The molecule has 0 aromatic carbocycles. The van der Waals surface area contributed by atoms with Gasteiger partial charge < -0.3 is 0 Å². The molecule has 98 valence electrons. The van der Waals surface area contributed by atoms with Gasteiger partial charge in [0.1, 0.15) is 15.5 Å². The molecule has 1 aliphatic carbocycles. The fourth-order valence-electron chi connectivity index (χ4n) is 3.01. The Morgan fingerprint density at radius 1 is 1.22 bits per heavy atom. The molecule has 0 radical (unpaired) electrons. The SMILES string of the molecule is O=Cc1nn(C2CCS(=O)(=O)CC2)c2c1CCC2. The van der Waals surface area contributed by atoms with E-state index in [1.807, 2.05) is 4.68 Å². The van der Waals surface area contributed by atoms with E-state index < -0.39 is 9.84 Å². The largest absolute Gasteiger partial charge is 0.296 e. The summed E-state index contributed by atoms with van der Waals surface area (Å²) in [6.45, 7) is 0. The van der Waals surface area contributed by atoms with Crippen molar-refractivity contribution < 1.29 is 13.2 Å². The lowest BCUT2D eigenvalue weighted by Crippen LogP contribution is -2.27. The van der Waals surface area contributed by atoms with E-state index in [4.69, 9.17) is 0 Å². The first kappa shape index (κ1) is 11.9. The highest BCUT2D eigenvalue weighted by molar-refractivity contribution is 7.91. The Bertz CT molecular complexity index is 575. The van der Waals surface area contributed by atoms with Crippen molar-refractivity contribution in [2.45, 2.75) is 38.1 Å². The number of nitrogens with zero attached hydrogens (tertiary/aromatic N) is 2. The molecular weight excluding hydrogens is 252 g/mol. The Hall–Kier alpha value is -1.17. The quantitative estimate of drug-likeness (QED) is 0.748. The third-order valence-electron chi connectivity index (χ3n) is 3.97. The summed E-state index contributed by atoms with van der Waals surface area (Å²) in [7, 11) is -2.85. The molecule has 3 rings (SSSR count). The predicted molar refractivity (Wildman–Crippen MR) is 66.6 cm³/mol. The van der Waals surface area contributed by atoms with E-state index in [1.54, 1.807) is 0 Å². The van der Waals surface area contributed by atoms with Crippen molar-refractivity contribution in [3.63, 3.8) is 0 Å². The Kier molecular flexibility index (Phi) is 2.77. The minimum atomic E-state index is -2.85.